The average molecular weight is 309 g/mol. The number of para-hydroxylation sites is 1. The van der Waals surface area contributed by atoms with E-state index in [2.05, 4.69) is 19.2 Å². The lowest BCUT2D eigenvalue weighted by atomic mass is 9.97. The van der Waals surface area contributed by atoms with Crippen molar-refractivity contribution in [2.45, 2.75) is 39.0 Å². The number of anilines is 1. The first-order valence-electron chi connectivity index (χ1n) is 7.46. The maximum absolute atomic E-state index is 12.2. The Morgan fingerprint density at radius 3 is 2.48 bits per heavy atom. The molecule has 1 fully saturated rings. The van der Waals surface area contributed by atoms with Crippen molar-refractivity contribution in [3.8, 4) is 0 Å². The van der Waals surface area contributed by atoms with Gasteiger partial charge >= 0.3 is 0 Å². The van der Waals surface area contributed by atoms with E-state index in [-0.39, 0.29) is 23.3 Å². The van der Waals surface area contributed by atoms with Gasteiger partial charge in [-0.05, 0) is 36.3 Å². The normalized spacial score (nSPS) is 18.6. The molecule has 116 valence electrons. The average Bonchev–Trinajstić information content (AvgIpc) is 2.41. The Kier molecular flexibility index (Phi) is 5.04. The Balaban J connectivity index is 1.94. The summed E-state index contributed by atoms with van der Waals surface area (Å²) in [4.78, 5) is 12.2. The SMILES string of the molecule is CC(C)c1ccccc1NC(=O)CC1CCS(=O)(=O)CC1. The van der Waals surface area contributed by atoms with E-state index in [0.29, 0.717) is 25.2 Å². The lowest BCUT2D eigenvalue weighted by molar-refractivity contribution is -0.117. The molecule has 1 aliphatic rings. The number of hydrogen-bond acceptors (Lipinski definition) is 3. The van der Waals surface area contributed by atoms with E-state index >= 15 is 0 Å². The first kappa shape index (κ1) is 16.0. The fraction of sp³-hybridized carbons (Fsp3) is 0.562. The summed E-state index contributed by atoms with van der Waals surface area (Å²) in [6, 6.07) is 7.82. The monoisotopic (exact) mass is 309 g/mol. The standard InChI is InChI=1S/C16H23NO3S/c1-12(2)14-5-3-4-6-15(14)17-16(18)11-13-7-9-21(19,20)10-8-13/h3-6,12-13H,7-11H2,1-2H3,(H,17,18). The Labute approximate surface area is 126 Å². The summed E-state index contributed by atoms with van der Waals surface area (Å²) in [5, 5.41) is 2.97. The van der Waals surface area contributed by atoms with Gasteiger partial charge in [0.05, 0.1) is 11.5 Å². The van der Waals surface area contributed by atoms with Crippen LogP contribution in [-0.2, 0) is 14.6 Å². The Bertz CT molecular complexity index is 594. The molecule has 2 rings (SSSR count). The van der Waals surface area contributed by atoms with E-state index in [4.69, 9.17) is 0 Å². The molecular weight excluding hydrogens is 286 g/mol. The first-order chi connectivity index (χ1) is 9.87. The van der Waals surface area contributed by atoms with Gasteiger partial charge in [0.15, 0.2) is 0 Å². The highest BCUT2D eigenvalue weighted by molar-refractivity contribution is 7.91. The molecule has 1 aromatic carbocycles. The smallest absolute Gasteiger partial charge is 0.224 e. The molecule has 0 aliphatic carbocycles. The van der Waals surface area contributed by atoms with Gasteiger partial charge < -0.3 is 5.32 Å². The maximum atomic E-state index is 12.2. The predicted molar refractivity (Wildman–Crippen MR) is 85.2 cm³/mol. The van der Waals surface area contributed by atoms with Crippen molar-refractivity contribution in [3.05, 3.63) is 29.8 Å². The number of benzene rings is 1. The Morgan fingerprint density at radius 1 is 1.24 bits per heavy atom. The van der Waals surface area contributed by atoms with Crippen molar-refractivity contribution in [1.29, 1.82) is 0 Å². The molecule has 5 heteroatoms. The van der Waals surface area contributed by atoms with Gasteiger partial charge in [-0.15, -0.1) is 0 Å². The molecule has 1 heterocycles. The third-order valence-electron chi connectivity index (χ3n) is 4.01. The van der Waals surface area contributed by atoms with E-state index in [1.807, 2.05) is 24.3 Å². The van der Waals surface area contributed by atoms with Crippen LogP contribution in [0, 0.1) is 5.92 Å². The van der Waals surface area contributed by atoms with Crippen molar-refractivity contribution in [3.63, 3.8) is 0 Å². The fourth-order valence-corrected chi connectivity index (χ4v) is 4.31. The van der Waals surface area contributed by atoms with E-state index in [1.165, 1.54) is 0 Å². The van der Waals surface area contributed by atoms with Crippen LogP contribution in [0.15, 0.2) is 24.3 Å². The van der Waals surface area contributed by atoms with E-state index in [9.17, 15) is 13.2 Å². The van der Waals surface area contributed by atoms with Gasteiger partial charge in [0.25, 0.3) is 0 Å². The summed E-state index contributed by atoms with van der Waals surface area (Å²) >= 11 is 0. The van der Waals surface area contributed by atoms with Gasteiger partial charge in [0.1, 0.15) is 9.84 Å². The van der Waals surface area contributed by atoms with Crippen LogP contribution < -0.4 is 5.32 Å². The second-order valence-electron chi connectivity index (χ2n) is 6.09. The molecular formula is C16H23NO3S. The van der Waals surface area contributed by atoms with Gasteiger partial charge in [0.2, 0.25) is 5.91 Å². The number of hydrogen-bond donors (Lipinski definition) is 1. The molecule has 0 atom stereocenters. The zero-order chi connectivity index (χ0) is 15.5. The van der Waals surface area contributed by atoms with Crippen LogP contribution >= 0.6 is 0 Å². The van der Waals surface area contributed by atoms with Gasteiger partial charge in [-0.1, -0.05) is 32.0 Å². The van der Waals surface area contributed by atoms with Crippen LogP contribution in [-0.4, -0.2) is 25.8 Å². The van der Waals surface area contributed by atoms with Crippen LogP contribution in [0.2, 0.25) is 0 Å². The molecule has 1 amide bonds. The van der Waals surface area contributed by atoms with Crippen molar-refractivity contribution < 1.29 is 13.2 Å². The van der Waals surface area contributed by atoms with Crippen LogP contribution in [0.4, 0.5) is 5.69 Å². The summed E-state index contributed by atoms with van der Waals surface area (Å²) in [5.41, 5.74) is 1.98. The molecule has 1 aliphatic heterocycles. The molecule has 0 bridgehead atoms. The van der Waals surface area contributed by atoms with Crippen LogP contribution in [0.25, 0.3) is 0 Å². The number of nitrogens with one attached hydrogen (secondary N) is 1. The van der Waals surface area contributed by atoms with Gasteiger partial charge in [-0.2, -0.15) is 0 Å². The maximum Gasteiger partial charge on any atom is 0.224 e. The number of rotatable bonds is 4. The largest absolute Gasteiger partial charge is 0.326 e. The fourth-order valence-electron chi connectivity index (χ4n) is 2.72. The second-order valence-corrected chi connectivity index (χ2v) is 8.39. The predicted octanol–water partition coefficient (Wildman–Crippen LogP) is 2.96. The molecule has 0 saturated carbocycles. The minimum Gasteiger partial charge on any atom is -0.326 e. The summed E-state index contributed by atoms with van der Waals surface area (Å²) in [7, 11) is -2.86. The highest BCUT2D eigenvalue weighted by Gasteiger charge is 2.25. The number of carbonyl (C=O) groups is 1. The number of amides is 1. The lowest BCUT2D eigenvalue weighted by Gasteiger charge is -2.21. The zero-order valence-corrected chi connectivity index (χ0v) is 13.4. The summed E-state index contributed by atoms with van der Waals surface area (Å²) in [6.45, 7) is 4.19. The van der Waals surface area contributed by atoms with E-state index in [1.54, 1.807) is 0 Å². The van der Waals surface area contributed by atoms with Crippen molar-refractivity contribution in [2.24, 2.45) is 5.92 Å². The van der Waals surface area contributed by atoms with E-state index < -0.39 is 9.84 Å². The molecule has 0 spiro atoms. The van der Waals surface area contributed by atoms with Crippen molar-refractivity contribution in [1.82, 2.24) is 0 Å². The molecule has 1 aromatic rings. The molecule has 0 unspecified atom stereocenters. The summed E-state index contributed by atoms with van der Waals surface area (Å²) in [6.07, 6.45) is 1.60. The van der Waals surface area contributed by atoms with Gasteiger partial charge in [-0.25, -0.2) is 8.42 Å². The minimum atomic E-state index is -2.86. The molecule has 1 N–H and O–H groups in total. The minimum absolute atomic E-state index is 0.0209. The quantitative estimate of drug-likeness (QED) is 0.930. The third kappa shape index (κ3) is 4.56. The molecule has 1 saturated heterocycles. The van der Waals surface area contributed by atoms with Crippen molar-refractivity contribution >= 4 is 21.4 Å². The Morgan fingerprint density at radius 2 is 1.86 bits per heavy atom. The van der Waals surface area contributed by atoms with Crippen LogP contribution in [0.3, 0.4) is 0 Å². The highest BCUT2D eigenvalue weighted by atomic mass is 32.2. The Hall–Kier alpha value is -1.36. The van der Waals surface area contributed by atoms with Crippen LogP contribution in [0.5, 0.6) is 0 Å². The summed E-state index contributed by atoms with van der Waals surface area (Å²) < 4.78 is 22.8. The molecule has 21 heavy (non-hydrogen) atoms. The molecule has 0 aromatic heterocycles. The second kappa shape index (κ2) is 6.60. The topological polar surface area (TPSA) is 63.2 Å². The van der Waals surface area contributed by atoms with E-state index in [0.717, 1.165) is 11.3 Å². The zero-order valence-electron chi connectivity index (χ0n) is 12.6. The van der Waals surface area contributed by atoms with Crippen LogP contribution in [0.1, 0.15) is 44.6 Å². The lowest BCUT2D eigenvalue weighted by Crippen LogP contribution is -2.26. The molecule has 0 radical (unpaired) electrons. The van der Waals surface area contributed by atoms with Crippen molar-refractivity contribution in [2.75, 3.05) is 16.8 Å². The third-order valence-corrected chi connectivity index (χ3v) is 5.72. The number of sulfone groups is 1. The summed E-state index contributed by atoms with van der Waals surface area (Å²) in [5.74, 6) is 0.939. The van der Waals surface area contributed by atoms with Gasteiger partial charge in [-0.3, -0.25) is 4.79 Å². The number of carbonyl (C=O) groups excluding carboxylic acids is 1. The van der Waals surface area contributed by atoms with Gasteiger partial charge in [0, 0.05) is 12.1 Å². The first-order valence-corrected chi connectivity index (χ1v) is 9.29. The highest BCUT2D eigenvalue weighted by Crippen LogP contribution is 2.26. The molecule has 4 nitrogen and oxygen atoms in total.